The second kappa shape index (κ2) is 8.12. The zero-order valence-electron chi connectivity index (χ0n) is 14.3. The van der Waals surface area contributed by atoms with E-state index in [1.54, 1.807) is 19.1 Å². The number of hydrogen-bond acceptors (Lipinski definition) is 3. The summed E-state index contributed by atoms with van der Waals surface area (Å²) in [7, 11) is 0. The van der Waals surface area contributed by atoms with Gasteiger partial charge in [0.1, 0.15) is 11.9 Å². The van der Waals surface area contributed by atoms with Crippen molar-refractivity contribution in [3.8, 4) is 0 Å². The molecule has 0 bridgehead atoms. The first kappa shape index (κ1) is 17.4. The van der Waals surface area contributed by atoms with Gasteiger partial charge in [-0.3, -0.25) is 4.79 Å². The Kier molecular flexibility index (Phi) is 5.66. The third-order valence-electron chi connectivity index (χ3n) is 4.15. The van der Waals surface area contributed by atoms with Gasteiger partial charge in [0, 0.05) is 12.3 Å². The Hall–Kier alpha value is -2.40. The Labute approximate surface area is 147 Å². The Bertz CT molecular complexity index is 731. The monoisotopic (exact) mass is 342 g/mol. The fourth-order valence-electron chi connectivity index (χ4n) is 2.50. The highest BCUT2D eigenvalue weighted by Crippen LogP contribution is 2.29. The number of halogens is 1. The molecule has 0 aliphatic heterocycles. The molecule has 25 heavy (non-hydrogen) atoms. The van der Waals surface area contributed by atoms with Crippen LogP contribution in [0.1, 0.15) is 25.3 Å². The molecular weight excluding hydrogens is 319 g/mol. The molecule has 3 rings (SSSR count). The molecule has 4 nitrogen and oxygen atoms in total. The van der Waals surface area contributed by atoms with Gasteiger partial charge in [0.15, 0.2) is 0 Å². The fraction of sp³-hybridized carbons (Fsp3) is 0.350. The van der Waals surface area contributed by atoms with Crippen molar-refractivity contribution < 1.29 is 13.9 Å². The first-order valence-corrected chi connectivity index (χ1v) is 8.60. The molecule has 2 N–H and O–H groups in total. The van der Waals surface area contributed by atoms with Gasteiger partial charge in [0.2, 0.25) is 5.91 Å². The molecule has 132 valence electrons. The molecule has 0 radical (unpaired) electrons. The Morgan fingerprint density at radius 3 is 2.80 bits per heavy atom. The first-order chi connectivity index (χ1) is 12.1. The van der Waals surface area contributed by atoms with Crippen LogP contribution in [-0.2, 0) is 16.1 Å². The maximum absolute atomic E-state index is 13.6. The summed E-state index contributed by atoms with van der Waals surface area (Å²) in [5, 5.41) is 5.74. The predicted molar refractivity (Wildman–Crippen MR) is 96.9 cm³/mol. The molecule has 1 aliphatic carbocycles. The van der Waals surface area contributed by atoms with E-state index >= 15 is 0 Å². The van der Waals surface area contributed by atoms with Gasteiger partial charge in [-0.05, 0) is 55.5 Å². The van der Waals surface area contributed by atoms with Gasteiger partial charge in [-0.2, -0.15) is 0 Å². The lowest BCUT2D eigenvalue weighted by atomic mass is 10.2. The highest BCUT2D eigenvalue weighted by Gasteiger charge is 2.21. The molecule has 2 aromatic rings. The standard InChI is InChI=1S/C20H23FN2O2/c1-14(20(24)23-19-8-3-2-7-18(19)21)22-17-6-4-5-16(11-17)13-25-12-15-9-10-15/h2-8,11,14-15,22H,9-10,12-13H2,1H3,(H,23,24)/t14-/m1/s1. The van der Waals surface area contributed by atoms with Crippen molar-refractivity contribution in [2.75, 3.05) is 17.2 Å². The van der Waals surface area contributed by atoms with Crippen molar-refractivity contribution in [3.63, 3.8) is 0 Å². The number of carbonyl (C=O) groups excluding carboxylic acids is 1. The number of amides is 1. The highest BCUT2D eigenvalue weighted by atomic mass is 19.1. The molecule has 0 unspecified atom stereocenters. The van der Waals surface area contributed by atoms with Crippen LogP contribution in [0.25, 0.3) is 0 Å². The minimum atomic E-state index is -0.498. The Morgan fingerprint density at radius 1 is 1.24 bits per heavy atom. The summed E-state index contributed by atoms with van der Waals surface area (Å²) in [6, 6.07) is 13.4. The number of rotatable bonds is 8. The van der Waals surface area contributed by atoms with Crippen LogP contribution in [0.5, 0.6) is 0 Å². The molecule has 1 aliphatic rings. The van der Waals surface area contributed by atoms with Crippen LogP contribution in [-0.4, -0.2) is 18.6 Å². The second-order valence-electron chi connectivity index (χ2n) is 6.49. The smallest absolute Gasteiger partial charge is 0.246 e. The van der Waals surface area contributed by atoms with Gasteiger partial charge in [0.25, 0.3) is 0 Å². The van der Waals surface area contributed by atoms with Crippen molar-refractivity contribution in [2.45, 2.75) is 32.4 Å². The number of hydrogen-bond donors (Lipinski definition) is 2. The average molecular weight is 342 g/mol. The topological polar surface area (TPSA) is 50.4 Å². The van der Waals surface area contributed by atoms with E-state index in [1.165, 1.54) is 25.0 Å². The van der Waals surface area contributed by atoms with E-state index < -0.39 is 11.9 Å². The highest BCUT2D eigenvalue weighted by molar-refractivity contribution is 5.96. The summed E-state index contributed by atoms with van der Waals surface area (Å²) in [6.07, 6.45) is 2.55. The molecule has 2 aromatic carbocycles. The van der Waals surface area contributed by atoms with E-state index in [0.717, 1.165) is 23.8 Å². The SMILES string of the molecule is C[C@@H](Nc1cccc(COCC2CC2)c1)C(=O)Nc1ccccc1F. The van der Waals surface area contributed by atoms with Crippen molar-refractivity contribution in [1.29, 1.82) is 0 Å². The largest absolute Gasteiger partial charge is 0.376 e. The fourth-order valence-corrected chi connectivity index (χ4v) is 2.50. The van der Waals surface area contributed by atoms with Gasteiger partial charge < -0.3 is 15.4 Å². The van der Waals surface area contributed by atoms with E-state index in [2.05, 4.69) is 10.6 Å². The minimum absolute atomic E-state index is 0.184. The van der Waals surface area contributed by atoms with Gasteiger partial charge >= 0.3 is 0 Å². The van der Waals surface area contributed by atoms with E-state index in [4.69, 9.17) is 4.74 Å². The zero-order chi connectivity index (χ0) is 17.6. The van der Waals surface area contributed by atoms with E-state index in [0.29, 0.717) is 6.61 Å². The van der Waals surface area contributed by atoms with Gasteiger partial charge in [-0.25, -0.2) is 4.39 Å². The summed E-state index contributed by atoms with van der Waals surface area (Å²) in [5.41, 5.74) is 2.08. The number of carbonyl (C=O) groups is 1. The molecule has 0 saturated heterocycles. The Balaban J connectivity index is 1.53. The number of nitrogens with one attached hydrogen (secondary N) is 2. The molecule has 1 atom stereocenters. The van der Waals surface area contributed by atoms with Crippen LogP contribution in [0.2, 0.25) is 0 Å². The molecule has 1 amide bonds. The van der Waals surface area contributed by atoms with Gasteiger partial charge in [-0.15, -0.1) is 0 Å². The van der Waals surface area contributed by atoms with Gasteiger partial charge in [0.05, 0.1) is 12.3 Å². The van der Waals surface area contributed by atoms with E-state index in [1.807, 2.05) is 24.3 Å². The summed E-state index contributed by atoms with van der Waals surface area (Å²) >= 11 is 0. The predicted octanol–water partition coefficient (Wildman–Crippen LogP) is 4.19. The molecule has 0 heterocycles. The maximum atomic E-state index is 13.6. The van der Waals surface area contributed by atoms with Crippen LogP contribution < -0.4 is 10.6 Å². The second-order valence-corrected chi connectivity index (χ2v) is 6.49. The average Bonchev–Trinajstić information content (AvgIpc) is 3.41. The summed E-state index contributed by atoms with van der Waals surface area (Å²) in [6.45, 7) is 3.13. The van der Waals surface area contributed by atoms with Crippen molar-refractivity contribution in [3.05, 3.63) is 59.9 Å². The molecular formula is C20H23FN2O2. The van der Waals surface area contributed by atoms with Crippen LogP contribution in [0.15, 0.2) is 48.5 Å². The summed E-state index contributed by atoms with van der Waals surface area (Å²) in [5.74, 6) is 0.00162. The molecule has 0 aromatic heterocycles. The summed E-state index contributed by atoms with van der Waals surface area (Å²) < 4.78 is 19.3. The van der Waals surface area contributed by atoms with Gasteiger partial charge in [-0.1, -0.05) is 24.3 Å². The van der Waals surface area contributed by atoms with Crippen molar-refractivity contribution >= 4 is 17.3 Å². The third kappa shape index (κ3) is 5.29. The Morgan fingerprint density at radius 2 is 2.04 bits per heavy atom. The number of para-hydroxylation sites is 1. The number of ether oxygens (including phenoxy) is 1. The van der Waals surface area contributed by atoms with E-state index in [9.17, 15) is 9.18 Å². The number of anilines is 2. The quantitative estimate of drug-likeness (QED) is 0.756. The van der Waals surface area contributed by atoms with Crippen LogP contribution in [0, 0.1) is 11.7 Å². The zero-order valence-corrected chi connectivity index (χ0v) is 14.3. The van der Waals surface area contributed by atoms with Crippen LogP contribution in [0.3, 0.4) is 0 Å². The first-order valence-electron chi connectivity index (χ1n) is 8.60. The third-order valence-corrected chi connectivity index (χ3v) is 4.15. The molecule has 1 fully saturated rings. The normalized spacial score (nSPS) is 14.8. The van der Waals surface area contributed by atoms with E-state index in [-0.39, 0.29) is 11.6 Å². The molecule has 5 heteroatoms. The minimum Gasteiger partial charge on any atom is -0.376 e. The summed E-state index contributed by atoms with van der Waals surface area (Å²) in [4.78, 5) is 12.2. The van der Waals surface area contributed by atoms with Crippen molar-refractivity contribution in [2.24, 2.45) is 5.92 Å². The van der Waals surface area contributed by atoms with Crippen LogP contribution >= 0.6 is 0 Å². The lowest BCUT2D eigenvalue weighted by Crippen LogP contribution is -2.32. The lowest BCUT2D eigenvalue weighted by Gasteiger charge is -2.16. The maximum Gasteiger partial charge on any atom is 0.246 e. The molecule has 0 spiro atoms. The number of benzene rings is 2. The van der Waals surface area contributed by atoms with Crippen LogP contribution in [0.4, 0.5) is 15.8 Å². The molecule has 1 saturated carbocycles. The van der Waals surface area contributed by atoms with Crippen molar-refractivity contribution in [1.82, 2.24) is 0 Å². The lowest BCUT2D eigenvalue weighted by molar-refractivity contribution is -0.116.